The molecule has 2 aromatic rings. The Morgan fingerprint density at radius 3 is 3.00 bits per heavy atom. The molecule has 2 rings (SSSR count). The van der Waals surface area contributed by atoms with Crippen LogP contribution in [0.2, 0.25) is 0 Å². The van der Waals surface area contributed by atoms with E-state index in [2.05, 4.69) is 15.2 Å². The van der Waals surface area contributed by atoms with Crippen molar-refractivity contribution in [2.75, 3.05) is 0 Å². The summed E-state index contributed by atoms with van der Waals surface area (Å²) in [6.45, 7) is 0. The molecule has 0 bridgehead atoms. The highest BCUT2D eigenvalue weighted by Crippen LogP contribution is 2.16. The number of rotatable bonds is 2. The van der Waals surface area contributed by atoms with Crippen molar-refractivity contribution < 1.29 is 4.79 Å². The van der Waals surface area contributed by atoms with Crippen LogP contribution >= 0.6 is 0 Å². The topological polar surface area (TPSA) is 58.6 Å². The Bertz CT molecular complexity index is 408. The number of pyridine rings is 1. The molecule has 0 saturated heterocycles. The van der Waals surface area contributed by atoms with E-state index in [4.69, 9.17) is 0 Å². The van der Waals surface area contributed by atoms with Crippen molar-refractivity contribution in [1.82, 2.24) is 15.2 Å². The molecule has 0 spiro atoms. The predicted molar refractivity (Wildman–Crippen MR) is 47.2 cm³/mol. The van der Waals surface area contributed by atoms with Crippen LogP contribution in [-0.2, 0) is 0 Å². The van der Waals surface area contributed by atoms with Crippen LogP contribution in [0.25, 0.3) is 11.3 Å². The molecule has 0 aliphatic rings. The van der Waals surface area contributed by atoms with E-state index >= 15 is 0 Å². The molecular formula is C9H7N3O. The molecule has 2 heterocycles. The summed E-state index contributed by atoms with van der Waals surface area (Å²) in [5.74, 6) is 0. The van der Waals surface area contributed by atoms with Gasteiger partial charge in [-0.15, -0.1) is 0 Å². The van der Waals surface area contributed by atoms with Crippen molar-refractivity contribution in [3.63, 3.8) is 0 Å². The third-order valence-electron chi connectivity index (χ3n) is 1.73. The van der Waals surface area contributed by atoms with Crippen LogP contribution in [0.5, 0.6) is 0 Å². The van der Waals surface area contributed by atoms with Gasteiger partial charge in [0.2, 0.25) is 0 Å². The smallest absolute Gasteiger partial charge is 0.168 e. The fraction of sp³-hybridized carbons (Fsp3) is 0. The van der Waals surface area contributed by atoms with Gasteiger partial charge in [0.05, 0.1) is 11.9 Å². The summed E-state index contributed by atoms with van der Waals surface area (Å²) in [7, 11) is 0. The van der Waals surface area contributed by atoms with Crippen molar-refractivity contribution in [1.29, 1.82) is 0 Å². The van der Waals surface area contributed by atoms with Crippen LogP contribution in [0.15, 0.2) is 30.6 Å². The van der Waals surface area contributed by atoms with Crippen molar-refractivity contribution in [3.05, 3.63) is 36.3 Å². The first-order chi connectivity index (χ1) is 6.42. The van der Waals surface area contributed by atoms with Gasteiger partial charge < -0.3 is 0 Å². The summed E-state index contributed by atoms with van der Waals surface area (Å²) >= 11 is 0. The lowest BCUT2D eigenvalue weighted by Crippen LogP contribution is -1.86. The fourth-order valence-corrected chi connectivity index (χ4v) is 1.11. The minimum absolute atomic E-state index is 0.457. The van der Waals surface area contributed by atoms with Crippen LogP contribution in [0.4, 0.5) is 0 Å². The van der Waals surface area contributed by atoms with Gasteiger partial charge in [0.1, 0.15) is 5.69 Å². The highest BCUT2D eigenvalue weighted by molar-refractivity contribution is 5.83. The Hall–Kier alpha value is -1.97. The zero-order valence-electron chi connectivity index (χ0n) is 6.77. The summed E-state index contributed by atoms with van der Waals surface area (Å²) in [5.41, 5.74) is 1.94. The molecule has 0 saturated carbocycles. The predicted octanol–water partition coefficient (Wildman–Crippen LogP) is 1.28. The van der Waals surface area contributed by atoms with Gasteiger partial charge in [-0.3, -0.25) is 14.9 Å². The number of nitrogens with zero attached hydrogens (tertiary/aromatic N) is 2. The lowest BCUT2D eigenvalue weighted by Gasteiger charge is -1.94. The van der Waals surface area contributed by atoms with Gasteiger partial charge in [0.15, 0.2) is 6.29 Å². The van der Waals surface area contributed by atoms with Crippen molar-refractivity contribution in [2.45, 2.75) is 0 Å². The Kier molecular flexibility index (Phi) is 1.88. The second kappa shape index (κ2) is 3.18. The van der Waals surface area contributed by atoms with Crippen LogP contribution in [0.1, 0.15) is 10.5 Å². The number of aldehydes is 1. The summed E-state index contributed by atoms with van der Waals surface area (Å²) in [6, 6.07) is 5.52. The summed E-state index contributed by atoms with van der Waals surface area (Å²) in [4.78, 5) is 14.7. The molecule has 4 nitrogen and oxygen atoms in total. The number of hydrogen-bond acceptors (Lipinski definition) is 3. The van der Waals surface area contributed by atoms with E-state index in [0.29, 0.717) is 5.69 Å². The second-order valence-corrected chi connectivity index (χ2v) is 2.53. The minimum atomic E-state index is 0.457. The zero-order chi connectivity index (χ0) is 9.10. The normalized spacial score (nSPS) is 9.85. The van der Waals surface area contributed by atoms with Gasteiger partial charge >= 0.3 is 0 Å². The number of hydrogen-bond donors (Lipinski definition) is 1. The van der Waals surface area contributed by atoms with E-state index < -0.39 is 0 Å². The van der Waals surface area contributed by atoms with E-state index in [1.54, 1.807) is 12.4 Å². The summed E-state index contributed by atoms with van der Waals surface area (Å²) in [5, 5.41) is 6.37. The standard InChI is InChI=1S/C9H7N3O/c13-6-9-7(5-11-12-9)8-3-1-2-4-10-8/h1-6H,(H,11,12). The van der Waals surface area contributed by atoms with E-state index in [-0.39, 0.29) is 0 Å². The van der Waals surface area contributed by atoms with Crippen molar-refractivity contribution >= 4 is 6.29 Å². The van der Waals surface area contributed by atoms with E-state index in [9.17, 15) is 4.79 Å². The average Bonchev–Trinajstić information content (AvgIpc) is 2.67. The highest BCUT2D eigenvalue weighted by atomic mass is 16.1. The third kappa shape index (κ3) is 1.33. The maximum absolute atomic E-state index is 10.6. The summed E-state index contributed by atoms with van der Waals surface area (Å²) < 4.78 is 0. The Balaban J connectivity index is 2.52. The Morgan fingerprint density at radius 1 is 1.38 bits per heavy atom. The van der Waals surface area contributed by atoms with E-state index in [1.807, 2.05) is 18.2 Å². The Morgan fingerprint density at radius 2 is 2.31 bits per heavy atom. The monoisotopic (exact) mass is 173 g/mol. The number of carbonyl (C=O) groups is 1. The minimum Gasteiger partial charge on any atom is -0.296 e. The molecule has 0 radical (unpaired) electrons. The van der Waals surface area contributed by atoms with Crippen molar-refractivity contribution in [2.24, 2.45) is 0 Å². The van der Waals surface area contributed by atoms with Gasteiger partial charge in [-0.2, -0.15) is 5.10 Å². The number of aromatic amines is 1. The van der Waals surface area contributed by atoms with Gasteiger partial charge in [-0.25, -0.2) is 0 Å². The number of carbonyl (C=O) groups excluding carboxylic acids is 1. The molecule has 13 heavy (non-hydrogen) atoms. The quantitative estimate of drug-likeness (QED) is 0.696. The molecule has 0 unspecified atom stereocenters. The van der Waals surface area contributed by atoms with Crippen LogP contribution in [0.3, 0.4) is 0 Å². The van der Waals surface area contributed by atoms with E-state index in [1.165, 1.54) is 0 Å². The van der Waals surface area contributed by atoms with Crippen LogP contribution < -0.4 is 0 Å². The fourth-order valence-electron chi connectivity index (χ4n) is 1.11. The maximum atomic E-state index is 10.6. The van der Waals surface area contributed by atoms with Crippen molar-refractivity contribution in [3.8, 4) is 11.3 Å². The lowest BCUT2D eigenvalue weighted by atomic mass is 10.2. The zero-order valence-corrected chi connectivity index (χ0v) is 6.77. The molecular weight excluding hydrogens is 166 g/mol. The number of nitrogens with one attached hydrogen (secondary N) is 1. The first-order valence-corrected chi connectivity index (χ1v) is 3.82. The Labute approximate surface area is 74.6 Å². The lowest BCUT2D eigenvalue weighted by molar-refractivity contribution is 0.111. The third-order valence-corrected chi connectivity index (χ3v) is 1.73. The molecule has 4 heteroatoms. The van der Waals surface area contributed by atoms with Crippen LogP contribution in [0, 0.1) is 0 Å². The van der Waals surface area contributed by atoms with Gasteiger partial charge in [-0.05, 0) is 12.1 Å². The largest absolute Gasteiger partial charge is 0.296 e. The van der Waals surface area contributed by atoms with Gasteiger partial charge in [0.25, 0.3) is 0 Å². The SMILES string of the molecule is O=Cc1[nH]ncc1-c1ccccn1. The molecule has 2 aromatic heterocycles. The number of H-pyrrole nitrogens is 1. The molecule has 0 aliphatic heterocycles. The number of aromatic nitrogens is 3. The average molecular weight is 173 g/mol. The summed E-state index contributed by atoms with van der Waals surface area (Å²) in [6.07, 6.45) is 4.00. The first-order valence-electron chi connectivity index (χ1n) is 3.82. The second-order valence-electron chi connectivity index (χ2n) is 2.53. The molecule has 0 atom stereocenters. The molecule has 0 fully saturated rings. The molecule has 0 aromatic carbocycles. The maximum Gasteiger partial charge on any atom is 0.168 e. The first kappa shape index (κ1) is 7.67. The van der Waals surface area contributed by atoms with Crippen LogP contribution in [-0.4, -0.2) is 21.5 Å². The highest BCUT2D eigenvalue weighted by Gasteiger charge is 2.06. The van der Waals surface area contributed by atoms with Gasteiger partial charge in [0, 0.05) is 11.8 Å². The van der Waals surface area contributed by atoms with E-state index in [0.717, 1.165) is 17.5 Å². The van der Waals surface area contributed by atoms with Gasteiger partial charge in [-0.1, -0.05) is 6.07 Å². The molecule has 0 aliphatic carbocycles. The molecule has 1 N–H and O–H groups in total. The molecule has 0 amide bonds. The molecule has 64 valence electrons.